The van der Waals surface area contributed by atoms with Gasteiger partial charge in [0.15, 0.2) is 0 Å². The topological polar surface area (TPSA) is 62.7 Å². The Labute approximate surface area is 121 Å². The van der Waals surface area contributed by atoms with Crippen LogP contribution in [0.2, 0.25) is 0 Å². The van der Waals surface area contributed by atoms with Gasteiger partial charge in [-0.25, -0.2) is 4.98 Å². The van der Waals surface area contributed by atoms with Crippen molar-refractivity contribution >= 4 is 29.1 Å². The van der Waals surface area contributed by atoms with Crippen molar-refractivity contribution in [1.82, 2.24) is 9.88 Å². The predicted molar refractivity (Wildman–Crippen MR) is 76.0 cm³/mol. The number of hydrogen-bond acceptors (Lipinski definition) is 6. The van der Waals surface area contributed by atoms with E-state index >= 15 is 0 Å². The zero-order chi connectivity index (χ0) is 13.7. The van der Waals surface area contributed by atoms with Crippen LogP contribution in [0.15, 0.2) is 9.72 Å². The summed E-state index contributed by atoms with van der Waals surface area (Å²) < 4.78 is 6.65. The molecule has 7 heteroatoms. The molecule has 1 unspecified atom stereocenters. The van der Waals surface area contributed by atoms with Gasteiger partial charge in [-0.15, -0.1) is 11.3 Å². The van der Waals surface area contributed by atoms with E-state index < -0.39 is 5.97 Å². The summed E-state index contributed by atoms with van der Waals surface area (Å²) in [5, 5.41) is 10.5. The molecule has 1 fully saturated rings. The Kier molecular flexibility index (Phi) is 5.62. The average molecular weight is 302 g/mol. The molecule has 106 valence electrons. The van der Waals surface area contributed by atoms with E-state index in [2.05, 4.69) is 16.8 Å². The van der Waals surface area contributed by atoms with Crippen molar-refractivity contribution in [3.63, 3.8) is 0 Å². The van der Waals surface area contributed by atoms with Crippen LogP contribution >= 0.6 is 23.1 Å². The van der Waals surface area contributed by atoms with Gasteiger partial charge in [-0.05, 0) is 6.54 Å². The van der Waals surface area contributed by atoms with Gasteiger partial charge in [0.1, 0.15) is 4.34 Å². The van der Waals surface area contributed by atoms with Gasteiger partial charge in [0.25, 0.3) is 0 Å². The van der Waals surface area contributed by atoms with Crippen molar-refractivity contribution < 1.29 is 14.6 Å². The second-order valence-corrected chi connectivity index (χ2v) is 6.50. The number of carbonyl (C=O) groups is 1. The molecule has 0 amide bonds. The summed E-state index contributed by atoms with van der Waals surface area (Å²) in [4.78, 5) is 17.3. The van der Waals surface area contributed by atoms with Crippen molar-refractivity contribution in [2.24, 2.45) is 0 Å². The molecule has 19 heavy (non-hydrogen) atoms. The highest BCUT2D eigenvalue weighted by Gasteiger charge is 2.19. The van der Waals surface area contributed by atoms with Gasteiger partial charge in [-0.1, -0.05) is 18.7 Å². The van der Waals surface area contributed by atoms with E-state index in [0.29, 0.717) is 5.69 Å². The molecule has 1 saturated heterocycles. The number of ether oxygens (including phenoxy) is 1. The van der Waals surface area contributed by atoms with Gasteiger partial charge < -0.3 is 9.84 Å². The highest BCUT2D eigenvalue weighted by atomic mass is 32.2. The normalized spacial score (nSPS) is 20.6. The van der Waals surface area contributed by atoms with Gasteiger partial charge in [0.2, 0.25) is 0 Å². The van der Waals surface area contributed by atoms with Crippen LogP contribution in [0.5, 0.6) is 0 Å². The van der Waals surface area contributed by atoms with Crippen molar-refractivity contribution in [3.05, 3.63) is 11.1 Å². The Morgan fingerprint density at radius 3 is 3.32 bits per heavy atom. The molecule has 2 heterocycles. The van der Waals surface area contributed by atoms with Crippen molar-refractivity contribution in [1.29, 1.82) is 0 Å². The molecule has 1 aliphatic rings. The zero-order valence-electron chi connectivity index (χ0n) is 10.9. The number of likely N-dealkylation sites (N-methyl/N-ethyl adjacent to an activating group) is 1. The first-order valence-electron chi connectivity index (χ1n) is 6.30. The van der Waals surface area contributed by atoms with Crippen LogP contribution in [-0.4, -0.2) is 59.1 Å². The Morgan fingerprint density at radius 2 is 2.58 bits per heavy atom. The fourth-order valence-corrected chi connectivity index (χ4v) is 3.80. The fourth-order valence-electron chi connectivity index (χ4n) is 1.92. The molecular weight excluding hydrogens is 284 g/mol. The molecular formula is C12H18N2O3S2. The Hall–Kier alpha value is -0.630. The summed E-state index contributed by atoms with van der Waals surface area (Å²) in [7, 11) is 0. The number of aliphatic carboxylic acids is 1. The number of carboxylic acid groups (broad SMARTS) is 1. The minimum atomic E-state index is -0.837. The van der Waals surface area contributed by atoms with Gasteiger partial charge in [-0.3, -0.25) is 9.69 Å². The number of aromatic nitrogens is 1. The van der Waals surface area contributed by atoms with Crippen LogP contribution < -0.4 is 0 Å². The van der Waals surface area contributed by atoms with Gasteiger partial charge in [-0.2, -0.15) is 0 Å². The minimum Gasteiger partial charge on any atom is -0.481 e. The largest absolute Gasteiger partial charge is 0.481 e. The molecule has 1 aromatic heterocycles. The minimum absolute atomic E-state index is 0.000596. The molecule has 0 saturated carbocycles. The molecule has 1 N–H and O–H groups in total. The number of thiazole rings is 1. The standard InChI is InChI=1S/C12H18N2O3S2/c1-2-14-3-4-17-10(6-14)8-19-12-13-9(7-18-12)5-11(15)16/h7,10H,2-6,8H2,1H3,(H,15,16). The van der Waals surface area contributed by atoms with Crippen LogP contribution in [0.3, 0.4) is 0 Å². The first-order chi connectivity index (χ1) is 9.17. The van der Waals surface area contributed by atoms with E-state index in [1.54, 1.807) is 11.8 Å². The third-order valence-corrected chi connectivity index (χ3v) is 5.13. The quantitative estimate of drug-likeness (QED) is 0.805. The second kappa shape index (κ2) is 7.23. The molecule has 0 spiro atoms. The van der Waals surface area contributed by atoms with Crippen molar-refractivity contribution in [3.8, 4) is 0 Å². The third kappa shape index (κ3) is 4.76. The van der Waals surface area contributed by atoms with Gasteiger partial charge in [0, 0.05) is 24.2 Å². The van der Waals surface area contributed by atoms with Crippen LogP contribution in [-0.2, 0) is 16.0 Å². The van der Waals surface area contributed by atoms with E-state index in [1.807, 2.05) is 5.38 Å². The molecule has 5 nitrogen and oxygen atoms in total. The monoisotopic (exact) mass is 302 g/mol. The molecule has 0 bridgehead atoms. The van der Waals surface area contributed by atoms with Crippen LogP contribution in [0.25, 0.3) is 0 Å². The van der Waals surface area contributed by atoms with Crippen LogP contribution in [0.4, 0.5) is 0 Å². The number of thioether (sulfide) groups is 1. The number of rotatable bonds is 6. The average Bonchev–Trinajstić information content (AvgIpc) is 2.83. The lowest BCUT2D eigenvalue weighted by molar-refractivity contribution is -0.136. The molecule has 1 aromatic rings. The Morgan fingerprint density at radius 1 is 1.74 bits per heavy atom. The number of nitrogens with zero attached hydrogens (tertiary/aromatic N) is 2. The molecule has 0 radical (unpaired) electrons. The van der Waals surface area contributed by atoms with Gasteiger partial charge in [0.05, 0.1) is 24.8 Å². The molecule has 1 aliphatic heterocycles. The van der Waals surface area contributed by atoms with E-state index in [4.69, 9.17) is 9.84 Å². The first kappa shape index (κ1) is 14.8. The lowest BCUT2D eigenvalue weighted by Crippen LogP contribution is -2.43. The molecule has 2 rings (SSSR count). The second-order valence-electron chi connectivity index (χ2n) is 4.37. The maximum absolute atomic E-state index is 10.6. The summed E-state index contributed by atoms with van der Waals surface area (Å²) in [5.74, 6) is 0.0346. The number of morpholine rings is 1. The first-order valence-corrected chi connectivity index (χ1v) is 8.17. The molecule has 0 aromatic carbocycles. The van der Waals surface area contributed by atoms with E-state index in [-0.39, 0.29) is 12.5 Å². The molecule has 0 aliphatic carbocycles. The predicted octanol–water partition coefficient (Wildman–Crippen LogP) is 1.58. The van der Waals surface area contributed by atoms with Crippen molar-refractivity contribution in [2.45, 2.75) is 23.8 Å². The Bertz CT molecular complexity index is 425. The summed E-state index contributed by atoms with van der Waals surface area (Å²) >= 11 is 3.16. The lowest BCUT2D eigenvalue weighted by atomic mass is 10.3. The fraction of sp³-hybridized carbons (Fsp3) is 0.667. The third-order valence-electron chi connectivity index (χ3n) is 2.93. The smallest absolute Gasteiger partial charge is 0.309 e. The summed E-state index contributed by atoms with van der Waals surface area (Å²) in [6.45, 7) is 5.99. The SMILES string of the molecule is CCN1CCOC(CSc2nc(CC(=O)O)cs2)C1. The summed E-state index contributed by atoms with van der Waals surface area (Å²) in [6.07, 6.45) is 0.242. The van der Waals surface area contributed by atoms with E-state index in [9.17, 15) is 4.79 Å². The van der Waals surface area contributed by atoms with E-state index in [0.717, 1.165) is 36.3 Å². The Balaban J connectivity index is 1.78. The number of hydrogen-bond donors (Lipinski definition) is 1. The maximum Gasteiger partial charge on any atom is 0.309 e. The highest BCUT2D eigenvalue weighted by molar-refractivity contribution is 8.01. The maximum atomic E-state index is 10.6. The lowest BCUT2D eigenvalue weighted by Gasteiger charge is -2.31. The van der Waals surface area contributed by atoms with Crippen molar-refractivity contribution in [2.75, 3.05) is 32.0 Å². The summed E-state index contributed by atoms with van der Waals surface area (Å²) in [6, 6.07) is 0. The van der Waals surface area contributed by atoms with Crippen LogP contribution in [0.1, 0.15) is 12.6 Å². The zero-order valence-corrected chi connectivity index (χ0v) is 12.5. The summed E-state index contributed by atoms with van der Waals surface area (Å²) in [5.41, 5.74) is 0.639. The van der Waals surface area contributed by atoms with Gasteiger partial charge >= 0.3 is 5.97 Å². The highest BCUT2D eigenvalue weighted by Crippen LogP contribution is 2.25. The molecule has 1 atom stereocenters. The van der Waals surface area contributed by atoms with E-state index in [1.165, 1.54) is 11.3 Å². The number of carboxylic acids is 1. The van der Waals surface area contributed by atoms with Crippen LogP contribution in [0, 0.1) is 0 Å².